The van der Waals surface area contributed by atoms with E-state index >= 15 is 0 Å². The molecule has 1 aromatic heterocycles. The van der Waals surface area contributed by atoms with Crippen LogP contribution in [-0.4, -0.2) is 43.7 Å². The highest BCUT2D eigenvalue weighted by Gasteiger charge is 2.29. The van der Waals surface area contributed by atoms with E-state index in [0.29, 0.717) is 13.2 Å². The molecule has 0 spiro atoms. The fraction of sp³-hybridized carbons (Fsp3) is 0.500. The number of amides is 1. The van der Waals surface area contributed by atoms with Gasteiger partial charge in [0.2, 0.25) is 5.91 Å². The summed E-state index contributed by atoms with van der Waals surface area (Å²) in [5.74, 6) is -0.127. The first-order chi connectivity index (χ1) is 9.22. The van der Waals surface area contributed by atoms with Gasteiger partial charge in [-0.2, -0.15) is 5.26 Å². The number of ether oxygens (including phenoxy) is 1. The molecule has 1 N–H and O–H groups in total. The SMILES string of the molecule is N#CCNC(=O)[C@@H](c1cc(Br)cs1)N1CCOCC1. The molecule has 1 amide bonds. The number of hydrogen-bond acceptors (Lipinski definition) is 5. The molecule has 102 valence electrons. The Morgan fingerprint density at radius 1 is 1.63 bits per heavy atom. The van der Waals surface area contributed by atoms with Crippen LogP contribution >= 0.6 is 27.3 Å². The van der Waals surface area contributed by atoms with Crippen LogP contribution in [0.15, 0.2) is 15.9 Å². The number of halogens is 1. The molecule has 19 heavy (non-hydrogen) atoms. The van der Waals surface area contributed by atoms with Crippen molar-refractivity contribution in [2.45, 2.75) is 6.04 Å². The normalized spacial score (nSPS) is 17.7. The summed E-state index contributed by atoms with van der Waals surface area (Å²) < 4.78 is 6.29. The van der Waals surface area contributed by atoms with Crippen molar-refractivity contribution in [3.8, 4) is 6.07 Å². The van der Waals surface area contributed by atoms with Crippen LogP contribution in [0.4, 0.5) is 0 Å². The summed E-state index contributed by atoms with van der Waals surface area (Å²) >= 11 is 4.95. The third-order valence-corrected chi connectivity index (χ3v) is 4.60. The van der Waals surface area contributed by atoms with E-state index in [1.807, 2.05) is 17.5 Å². The number of morpholine rings is 1. The Morgan fingerprint density at radius 2 is 2.37 bits per heavy atom. The van der Waals surface area contributed by atoms with Crippen LogP contribution in [0.5, 0.6) is 0 Å². The van der Waals surface area contributed by atoms with Gasteiger partial charge in [0.05, 0.1) is 19.3 Å². The van der Waals surface area contributed by atoms with E-state index in [-0.39, 0.29) is 18.5 Å². The van der Waals surface area contributed by atoms with Gasteiger partial charge in [-0.1, -0.05) is 0 Å². The molecule has 1 aliphatic heterocycles. The van der Waals surface area contributed by atoms with E-state index < -0.39 is 0 Å². The molecule has 1 atom stereocenters. The number of nitrogens with zero attached hydrogens (tertiary/aromatic N) is 2. The van der Waals surface area contributed by atoms with Crippen molar-refractivity contribution in [1.82, 2.24) is 10.2 Å². The first-order valence-electron chi connectivity index (χ1n) is 5.93. The maximum absolute atomic E-state index is 12.3. The molecule has 0 unspecified atom stereocenters. The number of nitriles is 1. The van der Waals surface area contributed by atoms with Gasteiger partial charge < -0.3 is 10.1 Å². The van der Waals surface area contributed by atoms with Crippen LogP contribution < -0.4 is 5.32 Å². The van der Waals surface area contributed by atoms with Gasteiger partial charge in [-0.3, -0.25) is 9.69 Å². The highest BCUT2D eigenvalue weighted by atomic mass is 79.9. The van der Waals surface area contributed by atoms with Crippen molar-refractivity contribution < 1.29 is 9.53 Å². The van der Waals surface area contributed by atoms with Crippen LogP contribution in [0.3, 0.4) is 0 Å². The van der Waals surface area contributed by atoms with Gasteiger partial charge in [0.15, 0.2) is 0 Å². The number of rotatable bonds is 4. The fourth-order valence-electron chi connectivity index (χ4n) is 2.01. The van der Waals surface area contributed by atoms with Crippen molar-refractivity contribution in [3.05, 3.63) is 20.8 Å². The van der Waals surface area contributed by atoms with Crippen molar-refractivity contribution in [1.29, 1.82) is 5.26 Å². The second-order valence-corrected chi connectivity index (χ2v) is 5.95. The summed E-state index contributed by atoms with van der Waals surface area (Å²) in [6.45, 7) is 2.75. The Morgan fingerprint density at radius 3 is 2.95 bits per heavy atom. The predicted molar refractivity (Wildman–Crippen MR) is 75.8 cm³/mol. The quantitative estimate of drug-likeness (QED) is 0.842. The zero-order valence-corrected chi connectivity index (χ0v) is 12.7. The molecule has 1 aliphatic rings. The highest BCUT2D eigenvalue weighted by Crippen LogP contribution is 2.30. The molecule has 0 aliphatic carbocycles. The lowest BCUT2D eigenvalue weighted by Gasteiger charge is -2.32. The van der Waals surface area contributed by atoms with Crippen LogP contribution in [0.25, 0.3) is 0 Å². The molecule has 1 fully saturated rings. The third kappa shape index (κ3) is 3.76. The van der Waals surface area contributed by atoms with Crippen molar-refractivity contribution in [2.75, 3.05) is 32.8 Å². The standard InChI is InChI=1S/C12H14BrN3O2S/c13-9-7-10(19-8-9)11(12(17)15-2-1-14)16-3-5-18-6-4-16/h7-8,11H,2-6H2,(H,15,17)/t11-/m1/s1. The topological polar surface area (TPSA) is 65.4 Å². The number of hydrogen-bond donors (Lipinski definition) is 1. The molecular weight excluding hydrogens is 330 g/mol. The third-order valence-electron chi connectivity index (χ3n) is 2.86. The lowest BCUT2D eigenvalue weighted by Crippen LogP contribution is -2.45. The number of thiophene rings is 1. The molecule has 1 aromatic rings. The van der Waals surface area contributed by atoms with Gasteiger partial charge in [-0.15, -0.1) is 11.3 Å². The Bertz CT molecular complexity index is 480. The molecule has 0 bridgehead atoms. The summed E-state index contributed by atoms with van der Waals surface area (Å²) in [4.78, 5) is 15.3. The first kappa shape index (κ1) is 14.5. The Kier molecular flexibility index (Phi) is 5.34. The van der Waals surface area contributed by atoms with E-state index in [4.69, 9.17) is 10.00 Å². The number of carbonyl (C=O) groups excluding carboxylic acids is 1. The van der Waals surface area contributed by atoms with Crippen molar-refractivity contribution in [3.63, 3.8) is 0 Å². The molecule has 0 saturated carbocycles. The maximum Gasteiger partial charge on any atom is 0.243 e. The molecule has 0 radical (unpaired) electrons. The van der Waals surface area contributed by atoms with Gasteiger partial charge in [-0.25, -0.2) is 0 Å². The molecule has 2 rings (SSSR count). The van der Waals surface area contributed by atoms with Crippen LogP contribution in [0.1, 0.15) is 10.9 Å². The monoisotopic (exact) mass is 343 g/mol. The summed E-state index contributed by atoms with van der Waals surface area (Å²) in [6.07, 6.45) is 0. The van der Waals surface area contributed by atoms with Crippen LogP contribution in [0.2, 0.25) is 0 Å². The summed E-state index contributed by atoms with van der Waals surface area (Å²) in [5.41, 5.74) is 0. The zero-order valence-electron chi connectivity index (χ0n) is 10.3. The molecule has 5 nitrogen and oxygen atoms in total. The van der Waals surface area contributed by atoms with Crippen LogP contribution in [0, 0.1) is 11.3 Å². The van der Waals surface area contributed by atoms with Gasteiger partial charge >= 0.3 is 0 Å². The second-order valence-electron chi connectivity index (χ2n) is 4.09. The molecule has 1 saturated heterocycles. The maximum atomic E-state index is 12.3. The minimum absolute atomic E-state index is 0.0339. The Hall–Kier alpha value is -0.940. The fourth-order valence-corrected chi connectivity index (χ4v) is 3.58. The lowest BCUT2D eigenvalue weighted by molar-refractivity contribution is -0.128. The molecule has 2 heterocycles. The second kappa shape index (κ2) is 7.01. The van der Waals surface area contributed by atoms with Crippen molar-refractivity contribution >= 4 is 33.2 Å². The predicted octanol–water partition coefficient (Wildman–Crippen LogP) is 1.52. The zero-order chi connectivity index (χ0) is 13.7. The van der Waals surface area contributed by atoms with Gasteiger partial charge in [0.1, 0.15) is 12.6 Å². The number of nitrogens with one attached hydrogen (secondary N) is 1. The van der Waals surface area contributed by atoms with Gasteiger partial charge in [0.25, 0.3) is 0 Å². The average Bonchev–Trinajstić information content (AvgIpc) is 2.84. The summed E-state index contributed by atoms with van der Waals surface area (Å²) in [7, 11) is 0. The average molecular weight is 344 g/mol. The smallest absolute Gasteiger partial charge is 0.243 e. The largest absolute Gasteiger partial charge is 0.379 e. The van der Waals surface area contributed by atoms with E-state index in [9.17, 15) is 4.79 Å². The van der Waals surface area contributed by atoms with Crippen molar-refractivity contribution in [2.24, 2.45) is 0 Å². The van der Waals surface area contributed by atoms with E-state index in [1.54, 1.807) is 0 Å². The first-order valence-corrected chi connectivity index (χ1v) is 7.60. The summed E-state index contributed by atoms with van der Waals surface area (Å²) in [5, 5.41) is 13.2. The summed E-state index contributed by atoms with van der Waals surface area (Å²) in [6, 6.07) is 3.55. The van der Waals surface area contributed by atoms with E-state index in [0.717, 1.165) is 22.4 Å². The Balaban J connectivity index is 2.17. The van der Waals surface area contributed by atoms with Gasteiger partial charge in [0, 0.05) is 27.8 Å². The number of carbonyl (C=O) groups is 1. The Labute approximate surface area is 124 Å². The highest BCUT2D eigenvalue weighted by molar-refractivity contribution is 9.10. The van der Waals surface area contributed by atoms with E-state index in [1.165, 1.54) is 11.3 Å². The minimum Gasteiger partial charge on any atom is -0.379 e. The molecule has 7 heteroatoms. The lowest BCUT2D eigenvalue weighted by atomic mass is 10.1. The molecular formula is C12H14BrN3O2S. The van der Waals surface area contributed by atoms with Crippen LogP contribution in [-0.2, 0) is 9.53 Å². The molecule has 0 aromatic carbocycles. The van der Waals surface area contributed by atoms with Gasteiger partial charge in [-0.05, 0) is 22.0 Å². The minimum atomic E-state index is -0.339. The van der Waals surface area contributed by atoms with E-state index in [2.05, 4.69) is 26.1 Å².